The number of rotatable bonds is 5. The minimum Gasteiger partial charge on any atom is -0.496 e. The predicted molar refractivity (Wildman–Crippen MR) is 98.4 cm³/mol. The zero-order valence-electron chi connectivity index (χ0n) is 14.1. The standard InChI is InChI=1S/C18H17ClN2O3S/c1-11-16(20-17(24-11)15-5-4-8-25-15)18(22)21(2)10-12-9-13(19)6-7-14(12)23-3/h4-9H,10H2,1-3H3. The summed E-state index contributed by atoms with van der Waals surface area (Å²) in [6, 6.07) is 9.15. The lowest BCUT2D eigenvalue weighted by Crippen LogP contribution is -2.27. The predicted octanol–water partition coefficient (Wildman–Crippen LogP) is 4.65. The van der Waals surface area contributed by atoms with Gasteiger partial charge >= 0.3 is 0 Å². The highest BCUT2D eigenvalue weighted by atomic mass is 35.5. The van der Waals surface area contributed by atoms with E-state index < -0.39 is 0 Å². The van der Waals surface area contributed by atoms with Crippen LogP contribution in [-0.2, 0) is 6.54 Å². The number of thiophene rings is 1. The number of amides is 1. The molecule has 130 valence electrons. The number of aromatic nitrogens is 1. The molecule has 3 aromatic rings. The van der Waals surface area contributed by atoms with Gasteiger partial charge in [0.15, 0.2) is 5.69 Å². The van der Waals surface area contributed by atoms with Crippen molar-refractivity contribution in [3.63, 3.8) is 0 Å². The van der Waals surface area contributed by atoms with Crippen molar-refractivity contribution >= 4 is 28.8 Å². The Hall–Kier alpha value is -2.31. The van der Waals surface area contributed by atoms with E-state index in [0.29, 0.717) is 34.7 Å². The smallest absolute Gasteiger partial charge is 0.276 e. The lowest BCUT2D eigenvalue weighted by Gasteiger charge is -2.18. The SMILES string of the molecule is COc1ccc(Cl)cc1CN(C)C(=O)c1nc(-c2cccs2)oc1C. The fourth-order valence-corrected chi connectivity index (χ4v) is 3.32. The maximum atomic E-state index is 12.8. The van der Waals surface area contributed by atoms with Crippen LogP contribution >= 0.6 is 22.9 Å². The van der Waals surface area contributed by atoms with Gasteiger partial charge in [0, 0.05) is 24.2 Å². The minimum atomic E-state index is -0.217. The van der Waals surface area contributed by atoms with Gasteiger partial charge in [-0.25, -0.2) is 4.98 Å². The molecular weight excluding hydrogens is 360 g/mol. The van der Waals surface area contributed by atoms with Crippen molar-refractivity contribution in [2.45, 2.75) is 13.5 Å². The largest absolute Gasteiger partial charge is 0.496 e. The summed E-state index contributed by atoms with van der Waals surface area (Å²) in [5, 5.41) is 2.53. The maximum Gasteiger partial charge on any atom is 0.276 e. The molecule has 0 radical (unpaired) electrons. The molecule has 25 heavy (non-hydrogen) atoms. The van der Waals surface area contributed by atoms with Gasteiger partial charge in [-0.2, -0.15) is 0 Å². The number of oxazole rings is 1. The Morgan fingerprint density at radius 2 is 2.20 bits per heavy atom. The normalized spacial score (nSPS) is 10.7. The van der Waals surface area contributed by atoms with Gasteiger partial charge in [0.25, 0.3) is 5.91 Å². The van der Waals surface area contributed by atoms with Crippen LogP contribution in [0, 0.1) is 6.92 Å². The van der Waals surface area contributed by atoms with E-state index in [9.17, 15) is 4.79 Å². The van der Waals surface area contributed by atoms with E-state index in [2.05, 4.69) is 4.98 Å². The first-order valence-electron chi connectivity index (χ1n) is 7.58. The topological polar surface area (TPSA) is 55.6 Å². The summed E-state index contributed by atoms with van der Waals surface area (Å²) in [7, 11) is 3.30. The molecule has 3 rings (SSSR count). The Kier molecular flexibility index (Phi) is 5.11. The van der Waals surface area contributed by atoms with Crippen molar-refractivity contribution in [1.82, 2.24) is 9.88 Å². The number of carbonyl (C=O) groups excluding carboxylic acids is 1. The third-order valence-corrected chi connectivity index (χ3v) is 4.82. The Labute approximate surface area is 154 Å². The van der Waals surface area contributed by atoms with E-state index in [1.165, 1.54) is 11.3 Å². The number of aryl methyl sites for hydroxylation is 1. The fourth-order valence-electron chi connectivity index (χ4n) is 2.48. The fraction of sp³-hybridized carbons (Fsp3) is 0.222. The average molecular weight is 377 g/mol. The summed E-state index contributed by atoms with van der Waals surface area (Å²) in [5.41, 5.74) is 1.14. The number of carbonyl (C=O) groups is 1. The third kappa shape index (κ3) is 3.70. The van der Waals surface area contributed by atoms with Crippen molar-refractivity contribution in [3.05, 3.63) is 57.8 Å². The number of ether oxygens (including phenoxy) is 1. The molecular formula is C18H17ClN2O3S. The molecule has 0 saturated heterocycles. The van der Waals surface area contributed by atoms with Gasteiger partial charge in [0.1, 0.15) is 11.5 Å². The van der Waals surface area contributed by atoms with Crippen molar-refractivity contribution < 1.29 is 13.9 Å². The molecule has 0 aliphatic carbocycles. The molecule has 0 spiro atoms. The van der Waals surface area contributed by atoms with Crippen LogP contribution in [0.15, 0.2) is 40.1 Å². The quantitative estimate of drug-likeness (QED) is 0.650. The van der Waals surface area contributed by atoms with Gasteiger partial charge in [0.2, 0.25) is 5.89 Å². The van der Waals surface area contributed by atoms with E-state index >= 15 is 0 Å². The second-order valence-corrected chi connectivity index (χ2v) is 6.90. The summed E-state index contributed by atoms with van der Waals surface area (Å²) in [6.07, 6.45) is 0. The molecule has 0 atom stereocenters. The van der Waals surface area contributed by atoms with Crippen LogP contribution in [0.2, 0.25) is 5.02 Å². The number of methoxy groups -OCH3 is 1. The van der Waals surface area contributed by atoms with Gasteiger partial charge in [-0.1, -0.05) is 17.7 Å². The minimum absolute atomic E-state index is 0.217. The third-order valence-electron chi connectivity index (χ3n) is 3.73. The molecule has 1 amide bonds. The molecule has 0 aliphatic heterocycles. The van der Waals surface area contributed by atoms with Crippen LogP contribution in [0.4, 0.5) is 0 Å². The second-order valence-electron chi connectivity index (χ2n) is 5.52. The van der Waals surface area contributed by atoms with Gasteiger partial charge in [-0.15, -0.1) is 11.3 Å². The Morgan fingerprint density at radius 3 is 2.88 bits per heavy atom. The van der Waals surface area contributed by atoms with Crippen LogP contribution in [0.25, 0.3) is 10.8 Å². The summed E-state index contributed by atoms with van der Waals surface area (Å²) in [5.74, 6) is 1.43. The number of halogens is 1. The lowest BCUT2D eigenvalue weighted by atomic mass is 10.2. The summed E-state index contributed by atoms with van der Waals surface area (Å²) >= 11 is 7.57. The molecule has 0 N–H and O–H groups in total. The van der Waals surface area contributed by atoms with Gasteiger partial charge in [-0.3, -0.25) is 4.79 Å². The molecule has 0 unspecified atom stereocenters. The van der Waals surface area contributed by atoms with E-state index in [0.717, 1.165) is 10.4 Å². The maximum absolute atomic E-state index is 12.8. The number of hydrogen-bond donors (Lipinski definition) is 0. The first-order valence-corrected chi connectivity index (χ1v) is 8.84. The number of benzene rings is 1. The van der Waals surface area contributed by atoms with E-state index in [-0.39, 0.29) is 5.91 Å². The lowest BCUT2D eigenvalue weighted by molar-refractivity contribution is 0.0777. The average Bonchev–Trinajstić information content (AvgIpc) is 3.23. The first-order chi connectivity index (χ1) is 12.0. The van der Waals surface area contributed by atoms with Crippen LogP contribution in [-0.4, -0.2) is 29.9 Å². The van der Waals surface area contributed by atoms with Crippen molar-refractivity contribution in [3.8, 4) is 16.5 Å². The molecule has 2 heterocycles. The van der Waals surface area contributed by atoms with Gasteiger partial charge in [-0.05, 0) is 36.6 Å². The molecule has 0 aliphatic rings. The molecule has 0 bridgehead atoms. The van der Waals surface area contributed by atoms with Crippen molar-refractivity contribution in [2.24, 2.45) is 0 Å². The van der Waals surface area contributed by atoms with Crippen LogP contribution < -0.4 is 4.74 Å². The molecule has 5 nitrogen and oxygen atoms in total. The molecule has 2 aromatic heterocycles. The highest BCUT2D eigenvalue weighted by molar-refractivity contribution is 7.13. The monoisotopic (exact) mass is 376 g/mol. The second kappa shape index (κ2) is 7.29. The van der Waals surface area contributed by atoms with E-state index in [4.69, 9.17) is 20.8 Å². The van der Waals surface area contributed by atoms with Crippen LogP contribution in [0.1, 0.15) is 21.8 Å². The number of hydrogen-bond acceptors (Lipinski definition) is 5. The Balaban J connectivity index is 1.83. The molecule has 0 saturated carbocycles. The summed E-state index contributed by atoms with van der Waals surface area (Å²) in [4.78, 5) is 19.6. The van der Waals surface area contributed by atoms with Gasteiger partial charge in [0.05, 0.1) is 12.0 Å². The van der Waals surface area contributed by atoms with Gasteiger partial charge < -0.3 is 14.1 Å². The molecule has 0 fully saturated rings. The highest BCUT2D eigenvalue weighted by Gasteiger charge is 2.22. The molecule has 7 heteroatoms. The number of nitrogens with zero attached hydrogens (tertiary/aromatic N) is 2. The summed E-state index contributed by atoms with van der Waals surface area (Å²) in [6.45, 7) is 2.09. The van der Waals surface area contributed by atoms with Crippen molar-refractivity contribution in [2.75, 3.05) is 14.2 Å². The van der Waals surface area contributed by atoms with Crippen LogP contribution in [0.3, 0.4) is 0 Å². The first kappa shape index (κ1) is 17.5. The zero-order valence-corrected chi connectivity index (χ0v) is 15.6. The Morgan fingerprint density at radius 1 is 1.40 bits per heavy atom. The zero-order chi connectivity index (χ0) is 18.0. The Bertz CT molecular complexity index is 890. The summed E-state index contributed by atoms with van der Waals surface area (Å²) < 4.78 is 11.0. The van der Waals surface area contributed by atoms with Crippen molar-refractivity contribution in [1.29, 1.82) is 0 Å². The van der Waals surface area contributed by atoms with Crippen LogP contribution in [0.5, 0.6) is 5.75 Å². The van der Waals surface area contributed by atoms with E-state index in [1.54, 1.807) is 44.2 Å². The highest BCUT2D eigenvalue weighted by Crippen LogP contribution is 2.27. The van der Waals surface area contributed by atoms with E-state index in [1.807, 2.05) is 17.5 Å². The molecule has 1 aromatic carbocycles.